The van der Waals surface area contributed by atoms with Gasteiger partial charge in [-0.2, -0.15) is 0 Å². The van der Waals surface area contributed by atoms with Gasteiger partial charge in [0.1, 0.15) is 0 Å². The van der Waals surface area contributed by atoms with Crippen molar-refractivity contribution in [3.8, 4) is 0 Å². The van der Waals surface area contributed by atoms with E-state index in [9.17, 15) is 4.79 Å². The van der Waals surface area contributed by atoms with Gasteiger partial charge in [-0.05, 0) is 54.6 Å². The summed E-state index contributed by atoms with van der Waals surface area (Å²) in [6.07, 6.45) is 5.02. The van der Waals surface area contributed by atoms with Gasteiger partial charge in [0, 0.05) is 39.4 Å². The Kier molecular flexibility index (Phi) is 4.91. The number of H-pyrrole nitrogens is 1. The van der Waals surface area contributed by atoms with Crippen LogP contribution < -0.4 is 10.6 Å². The third kappa shape index (κ3) is 4.16. The van der Waals surface area contributed by atoms with Gasteiger partial charge < -0.3 is 15.6 Å². The zero-order chi connectivity index (χ0) is 21.0. The summed E-state index contributed by atoms with van der Waals surface area (Å²) in [7, 11) is 0. The van der Waals surface area contributed by atoms with Gasteiger partial charge in [-0.15, -0.1) is 0 Å². The van der Waals surface area contributed by atoms with Crippen molar-refractivity contribution in [3.05, 3.63) is 103 Å². The number of carbonyl (C=O) groups is 1. The second-order valence-electron chi connectivity index (χ2n) is 7.22. The van der Waals surface area contributed by atoms with Gasteiger partial charge >= 0.3 is 0 Å². The molecule has 0 aliphatic rings. The topological polar surface area (TPSA) is 69.8 Å². The Labute approximate surface area is 179 Å². The van der Waals surface area contributed by atoms with Crippen LogP contribution in [0.1, 0.15) is 5.69 Å². The van der Waals surface area contributed by atoms with Gasteiger partial charge in [-0.3, -0.25) is 9.78 Å². The summed E-state index contributed by atoms with van der Waals surface area (Å²) in [6, 6.07) is 27.7. The highest BCUT2D eigenvalue weighted by atomic mass is 16.1. The number of hydrogen-bond acceptors (Lipinski definition) is 3. The first kappa shape index (κ1) is 18.6. The van der Waals surface area contributed by atoms with Crippen LogP contribution in [0.15, 0.2) is 97.2 Å². The average Bonchev–Trinajstić information content (AvgIpc) is 3.18. The van der Waals surface area contributed by atoms with E-state index >= 15 is 0 Å². The summed E-state index contributed by atoms with van der Waals surface area (Å²) >= 11 is 0. The quantitative estimate of drug-likeness (QED) is 0.310. The predicted molar refractivity (Wildman–Crippen MR) is 127 cm³/mol. The molecule has 3 N–H and O–H groups in total. The number of carbonyl (C=O) groups excluding carboxylic acids is 1. The van der Waals surface area contributed by atoms with Crippen molar-refractivity contribution in [1.29, 1.82) is 0 Å². The van der Waals surface area contributed by atoms with Gasteiger partial charge in [-0.1, -0.05) is 36.4 Å². The predicted octanol–water partition coefficient (Wildman–Crippen LogP) is 6.11. The van der Waals surface area contributed by atoms with E-state index in [4.69, 9.17) is 0 Å². The highest BCUT2D eigenvalue weighted by molar-refractivity contribution is 6.07. The summed E-state index contributed by atoms with van der Waals surface area (Å²) in [6.45, 7) is 0. The highest BCUT2D eigenvalue weighted by Gasteiger charge is 2.05. The number of para-hydroxylation sites is 2. The fourth-order valence-electron chi connectivity index (χ4n) is 3.53. The second-order valence-corrected chi connectivity index (χ2v) is 7.22. The number of aromatic nitrogens is 2. The molecule has 2 heterocycles. The molecule has 5 nitrogen and oxygen atoms in total. The van der Waals surface area contributed by atoms with Gasteiger partial charge in [0.25, 0.3) is 0 Å². The van der Waals surface area contributed by atoms with Gasteiger partial charge in [0.2, 0.25) is 5.91 Å². The first-order valence-corrected chi connectivity index (χ1v) is 10.0. The molecule has 0 saturated carbocycles. The molecule has 0 unspecified atom stereocenters. The maximum Gasteiger partial charge on any atom is 0.248 e. The van der Waals surface area contributed by atoms with Crippen molar-refractivity contribution in [2.45, 2.75) is 0 Å². The van der Waals surface area contributed by atoms with Gasteiger partial charge in [0.05, 0.1) is 17.4 Å². The Bertz CT molecular complexity index is 1390. The van der Waals surface area contributed by atoms with E-state index in [0.717, 1.165) is 44.6 Å². The lowest BCUT2D eigenvalue weighted by atomic mass is 10.1. The molecule has 5 heteroatoms. The Morgan fingerprint density at radius 2 is 1.48 bits per heavy atom. The number of benzene rings is 3. The molecule has 5 aromatic rings. The maximum atomic E-state index is 12.3. The van der Waals surface area contributed by atoms with E-state index in [1.54, 1.807) is 12.3 Å². The van der Waals surface area contributed by atoms with Crippen LogP contribution in [0.3, 0.4) is 0 Å². The monoisotopic (exact) mass is 404 g/mol. The molecule has 0 aliphatic carbocycles. The number of anilines is 3. The normalized spacial score (nSPS) is 11.2. The Hall–Kier alpha value is -4.38. The first-order valence-electron chi connectivity index (χ1n) is 10.0. The number of nitrogens with one attached hydrogen (secondary N) is 3. The van der Waals surface area contributed by atoms with Crippen LogP contribution >= 0.6 is 0 Å². The average molecular weight is 404 g/mol. The Morgan fingerprint density at radius 3 is 2.32 bits per heavy atom. The van der Waals surface area contributed by atoms with Crippen LogP contribution in [0, 0.1) is 0 Å². The second kappa shape index (κ2) is 8.16. The maximum absolute atomic E-state index is 12.3. The molecular weight excluding hydrogens is 384 g/mol. The van der Waals surface area contributed by atoms with Crippen molar-refractivity contribution in [2.75, 3.05) is 10.6 Å². The molecule has 1 amide bonds. The molecule has 0 atom stereocenters. The molecular formula is C26H20N4O. The Balaban J connectivity index is 1.26. The van der Waals surface area contributed by atoms with Gasteiger partial charge in [0.15, 0.2) is 0 Å². The number of nitrogens with zero attached hydrogens (tertiary/aromatic N) is 1. The molecule has 150 valence electrons. The van der Waals surface area contributed by atoms with Crippen molar-refractivity contribution in [3.63, 3.8) is 0 Å². The van der Waals surface area contributed by atoms with Crippen LogP contribution in [0.25, 0.3) is 27.9 Å². The molecule has 2 aromatic heterocycles. The van der Waals surface area contributed by atoms with Crippen LogP contribution in [0.5, 0.6) is 0 Å². The standard InChI is InChI=1S/C26H20N4O/c31-26(29-20-12-10-19(11-13-20)28-18-6-2-1-3-7-18)15-14-21-16-23-22-8-4-5-9-24(22)30-25(23)17-27-21/h1-17,28,30H,(H,29,31)/b15-14+. The number of hydrogen-bond donors (Lipinski definition) is 3. The molecule has 5 rings (SSSR count). The summed E-state index contributed by atoms with van der Waals surface area (Å²) in [5.41, 5.74) is 5.48. The molecule has 31 heavy (non-hydrogen) atoms. The van der Waals surface area contributed by atoms with Crippen molar-refractivity contribution in [2.24, 2.45) is 0 Å². The lowest BCUT2D eigenvalue weighted by Crippen LogP contribution is -2.07. The summed E-state index contributed by atoms with van der Waals surface area (Å²) < 4.78 is 0. The lowest BCUT2D eigenvalue weighted by molar-refractivity contribution is -0.111. The molecule has 0 saturated heterocycles. The molecule has 0 bridgehead atoms. The van der Waals surface area contributed by atoms with Crippen molar-refractivity contribution < 1.29 is 4.79 Å². The summed E-state index contributed by atoms with van der Waals surface area (Å²) in [4.78, 5) is 20.1. The highest BCUT2D eigenvalue weighted by Crippen LogP contribution is 2.25. The van der Waals surface area contributed by atoms with Crippen LogP contribution in [-0.2, 0) is 4.79 Å². The molecule has 3 aromatic carbocycles. The molecule has 0 radical (unpaired) electrons. The number of aromatic amines is 1. The smallest absolute Gasteiger partial charge is 0.248 e. The SMILES string of the molecule is O=C(/C=C/c1cc2c(cn1)[nH]c1ccccc12)Nc1ccc(Nc2ccccc2)cc1. The van der Waals surface area contributed by atoms with E-state index in [1.807, 2.05) is 78.9 Å². The number of pyridine rings is 1. The third-order valence-electron chi connectivity index (χ3n) is 5.03. The molecule has 0 fully saturated rings. The minimum atomic E-state index is -0.204. The fourth-order valence-corrected chi connectivity index (χ4v) is 3.53. The van der Waals surface area contributed by atoms with Crippen LogP contribution in [0.4, 0.5) is 17.1 Å². The number of amides is 1. The van der Waals surface area contributed by atoms with E-state index in [2.05, 4.69) is 26.7 Å². The van der Waals surface area contributed by atoms with Crippen molar-refractivity contribution in [1.82, 2.24) is 9.97 Å². The first-order chi connectivity index (χ1) is 15.2. The van der Waals surface area contributed by atoms with Crippen LogP contribution in [0.2, 0.25) is 0 Å². The zero-order valence-corrected chi connectivity index (χ0v) is 16.7. The Morgan fingerprint density at radius 1 is 0.774 bits per heavy atom. The number of fused-ring (bicyclic) bond motifs is 3. The van der Waals surface area contributed by atoms with E-state index in [-0.39, 0.29) is 5.91 Å². The van der Waals surface area contributed by atoms with E-state index in [0.29, 0.717) is 0 Å². The third-order valence-corrected chi connectivity index (χ3v) is 5.03. The van der Waals surface area contributed by atoms with E-state index < -0.39 is 0 Å². The lowest BCUT2D eigenvalue weighted by Gasteiger charge is -2.07. The molecule has 0 spiro atoms. The minimum Gasteiger partial charge on any atom is -0.356 e. The van der Waals surface area contributed by atoms with Gasteiger partial charge in [-0.25, -0.2) is 0 Å². The zero-order valence-electron chi connectivity index (χ0n) is 16.7. The number of rotatable bonds is 5. The summed E-state index contributed by atoms with van der Waals surface area (Å²) in [5.74, 6) is -0.204. The fraction of sp³-hybridized carbons (Fsp3) is 0. The summed E-state index contributed by atoms with van der Waals surface area (Å²) in [5, 5.41) is 8.43. The van der Waals surface area contributed by atoms with Crippen molar-refractivity contribution >= 4 is 50.9 Å². The largest absolute Gasteiger partial charge is 0.356 e. The molecule has 0 aliphatic heterocycles. The van der Waals surface area contributed by atoms with E-state index in [1.165, 1.54) is 6.08 Å². The van der Waals surface area contributed by atoms with Crippen LogP contribution in [-0.4, -0.2) is 15.9 Å². The minimum absolute atomic E-state index is 0.204.